The Balaban J connectivity index is 2.17. The van der Waals surface area contributed by atoms with Crippen LogP contribution < -0.4 is 5.32 Å². The van der Waals surface area contributed by atoms with Crippen molar-refractivity contribution < 1.29 is 5.11 Å². The molecular formula is C17H37N3O. The van der Waals surface area contributed by atoms with Crippen molar-refractivity contribution in [3.63, 3.8) is 0 Å². The molecule has 1 heterocycles. The summed E-state index contributed by atoms with van der Waals surface area (Å²) in [6, 6.07) is 1.17. The average Bonchev–Trinajstić information content (AvgIpc) is 2.80. The van der Waals surface area contributed by atoms with Gasteiger partial charge in [-0.1, -0.05) is 20.3 Å². The molecule has 0 aliphatic carbocycles. The molecule has 0 aromatic heterocycles. The van der Waals surface area contributed by atoms with Crippen LogP contribution in [0.4, 0.5) is 0 Å². The van der Waals surface area contributed by atoms with Gasteiger partial charge in [-0.3, -0.25) is 0 Å². The van der Waals surface area contributed by atoms with E-state index < -0.39 is 0 Å². The Morgan fingerprint density at radius 1 is 1.38 bits per heavy atom. The van der Waals surface area contributed by atoms with E-state index in [1.165, 1.54) is 38.8 Å². The fourth-order valence-corrected chi connectivity index (χ4v) is 3.45. The quantitative estimate of drug-likeness (QED) is 0.605. The van der Waals surface area contributed by atoms with Crippen molar-refractivity contribution >= 4 is 0 Å². The Morgan fingerprint density at radius 2 is 2.10 bits per heavy atom. The fourth-order valence-electron chi connectivity index (χ4n) is 3.45. The summed E-state index contributed by atoms with van der Waals surface area (Å²) in [6.45, 7) is 10.2. The molecule has 0 radical (unpaired) electrons. The summed E-state index contributed by atoms with van der Waals surface area (Å²) in [6.07, 6.45) is 6.12. The lowest BCUT2D eigenvalue weighted by Gasteiger charge is -2.31. The molecule has 0 aromatic carbocycles. The van der Waals surface area contributed by atoms with E-state index in [-0.39, 0.29) is 12.1 Å². The molecule has 1 aliphatic heterocycles. The highest BCUT2D eigenvalue weighted by Gasteiger charge is 2.24. The van der Waals surface area contributed by atoms with Crippen molar-refractivity contribution in [2.45, 2.75) is 70.5 Å². The molecule has 21 heavy (non-hydrogen) atoms. The lowest BCUT2D eigenvalue weighted by Crippen LogP contribution is -2.49. The summed E-state index contributed by atoms with van der Waals surface area (Å²) in [5.74, 6) is 0. The standard InChI is InChI=1S/C17H37N3O/c1-15(2)18-17(3,14-21)10-6-7-11-19(4)13-16-9-8-12-20(16)5/h15-16,18,21H,6-14H2,1-5H3. The van der Waals surface area contributed by atoms with Gasteiger partial charge in [0.25, 0.3) is 0 Å². The molecule has 1 saturated heterocycles. The van der Waals surface area contributed by atoms with E-state index in [0.29, 0.717) is 6.04 Å². The molecule has 2 unspecified atom stereocenters. The number of hydrogen-bond donors (Lipinski definition) is 2. The van der Waals surface area contributed by atoms with Crippen LogP contribution in [0, 0.1) is 0 Å². The highest BCUT2D eigenvalue weighted by molar-refractivity contribution is 4.84. The third-order valence-electron chi connectivity index (χ3n) is 4.70. The van der Waals surface area contributed by atoms with Gasteiger partial charge < -0.3 is 20.2 Å². The molecular weight excluding hydrogens is 262 g/mol. The smallest absolute Gasteiger partial charge is 0.0610 e. The zero-order chi connectivity index (χ0) is 15.9. The fraction of sp³-hybridized carbons (Fsp3) is 1.00. The molecule has 1 rings (SSSR count). The zero-order valence-electron chi connectivity index (χ0n) is 14.9. The van der Waals surface area contributed by atoms with Crippen molar-refractivity contribution in [1.82, 2.24) is 15.1 Å². The molecule has 2 atom stereocenters. The SMILES string of the molecule is CC(C)NC(C)(CO)CCCCN(C)CC1CCCN1C. The second-order valence-electron chi connectivity index (χ2n) is 7.51. The summed E-state index contributed by atoms with van der Waals surface area (Å²) in [5, 5.41) is 13.1. The van der Waals surface area contributed by atoms with Crippen molar-refractivity contribution in [3.8, 4) is 0 Å². The van der Waals surface area contributed by atoms with Crippen LogP contribution >= 0.6 is 0 Å². The summed E-state index contributed by atoms with van der Waals surface area (Å²) in [7, 11) is 4.49. The van der Waals surface area contributed by atoms with E-state index in [1.54, 1.807) is 0 Å². The van der Waals surface area contributed by atoms with Gasteiger partial charge in [0, 0.05) is 24.2 Å². The molecule has 0 saturated carbocycles. The summed E-state index contributed by atoms with van der Waals surface area (Å²) in [5.41, 5.74) is -0.127. The van der Waals surface area contributed by atoms with Gasteiger partial charge in [-0.15, -0.1) is 0 Å². The van der Waals surface area contributed by atoms with Gasteiger partial charge in [0.05, 0.1) is 6.61 Å². The number of aliphatic hydroxyl groups excluding tert-OH is 1. The highest BCUT2D eigenvalue weighted by atomic mass is 16.3. The van der Waals surface area contributed by atoms with E-state index in [2.05, 4.69) is 50.0 Å². The Kier molecular flexibility index (Phi) is 8.17. The van der Waals surface area contributed by atoms with Crippen molar-refractivity contribution in [2.75, 3.05) is 40.3 Å². The van der Waals surface area contributed by atoms with Gasteiger partial charge >= 0.3 is 0 Å². The number of nitrogens with one attached hydrogen (secondary N) is 1. The summed E-state index contributed by atoms with van der Waals surface area (Å²) in [4.78, 5) is 4.96. The van der Waals surface area contributed by atoms with Crippen LogP contribution in [0.1, 0.15) is 52.9 Å². The number of unbranched alkanes of at least 4 members (excludes halogenated alkanes) is 1. The number of rotatable bonds is 10. The maximum absolute atomic E-state index is 9.58. The molecule has 0 amide bonds. The normalized spacial score (nSPS) is 23.1. The van der Waals surface area contributed by atoms with Crippen LogP contribution in [0.25, 0.3) is 0 Å². The average molecular weight is 300 g/mol. The number of likely N-dealkylation sites (N-methyl/N-ethyl adjacent to an activating group) is 2. The van der Waals surface area contributed by atoms with E-state index in [9.17, 15) is 5.11 Å². The number of likely N-dealkylation sites (tertiary alicyclic amines) is 1. The van der Waals surface area contributed by atoms with Crippen molar-refractivity contribution in [2.24, 2.45) is 0 Å². The minimum Gasteiger partial charge on any atom is -0.394 e. The summed E-state index contributed by atoms with van der Waals surface area (Å²) < 4.78 is 0. The van der Waals surface area contributed by atoms with Gasteiger partial charge in [0.15, 0.2) is 0 Å². The molecule has 0 bridgehead atoms. The molecule has 126 valence electrons. The first-order chi connectivity index (χ1) is 9.86. The highest BCUT2D eigenvalue weighted by Crippen LogP contribution is 2.17. The molecule has 0 aromatic rings. The van der Waals surface area contributed by atoms with Crippen LogP contribution in [0.3, 0.4) is 0 Å². The van der Waals surface area contributed by atoms with Gasteiger partial charge in [-0.05, 0) is 59.8 Å². The second kappa shape index (κ2) is 9.09. The number of nitrogens with zero attached hydrogens (tertiary/aromatic N) is 2. The van der Waals surface area contributed by atoms with E-state index in [1.807, 2.05) is 0 Å². The van der Waals surface area contributed by atoms with Crippen LogP contribution in [0.15, 0.2) is 0 Å². The predicted molar refractivity (Wildman–Crippen MR) is 90.8 cm³/mol. The first-order valence-corrected chi connectivity index (χ1v) is 8.63. The number of aliphatic hydroxyl groups is 1. The Morgan fingerprint density at radius 3 is 2.62 bits per heavy atom. The van der Waals surface area contributed by atoms with Crippen molar-refractivity contribution in [1.29, 1.82) is 0 Å². The van der Waals surface area contributed by atoms with Gasteiger partial charge in [-0.25, -0.2) is 0 Å². The van der Waals surface area contributed by atoms with Crippen LogP contribution in [0.2, 0.25) is 0 Å². The van der Waals surface area contributed by atoms with E-state index in [4.69, 9.17) is 0 Å². The lowest BCUT2D eigenvalue weighted by atomic mass is 9.94. The van der Waals surface area contributed by atoms with Crippen LogP contribution in [-0.4, -0.2) is 72.9 Å². The Hall–Kier alpha value is -0.160. The van der Waals surface area contributed by atoms with E-state index >= 15 is 0 Å². The van der Waals surface area contributed by atoms with Gasteiger partial charge in [-0.2, -0.15) is 0 Å². The van der Waals surface area contributed by atoms with Gasteiger partial charge in [0.2, 0.25) is 0 Å². The Labute approximate surface area is 131 Å². The summed E-state index contributed by atoms with van der Waals surface area (Å²) >= 11 is 0. The maximum Gasteiger partial charge on any atom is 0.0610 e. The molecule has 2 N–H and O–H groups in total. The molecule has 1 fully saturated rings. The second-order valence-corrected chi connectivity index (χ2v) is 7.51. The minimum absolute atomic E-state index is 0.127. The molecule has 1 aliphatic rings. The van der Waals surface area contributed by atoms with Crippen LogP contribution in [0.5, 0.6) is 0 Å². The third-order valence-corrected chi connectivity index (χ3v) is 4.70. The first kappa shape index (κ1) is 18.9. The zero-order valence-corrected chi connectivity index (χ0v) is 14.9. The number of hydrogen-bond acceptors (Lipinski definition) is 4. The molecule has 4 nitrogen and oxygen atoms in total. The van der Waals surface area contributed by atoms with Gasteiger partial charge in [0.1, 0.15) is 0 Å². The third kappa shape index (κ3) is 7.09. The largest absolute Gasteiger partial charge is 0.394 e. The first-order valence-electron chi connectivity index (χ1n) is 8.63. The molecule has 4 heteroatoms. The van der Waals surface area contributed by atoms with Crippen molar-refractivity contribution in [3.05, 3.63) is 0 Å². The minimum atomic E-state index is -0.127. The lowest BCUT2D eigenvalue weighted by molar-refractivity contribution is 0.151. The topological polar surface area (TPSA) is 38.7 Å². The van der Waals surface area contributed by atoms with Crippen LogP contribution in [-0.2, 0) is 0 Å². The molecule has 0 spiro atoms. The Bertz CT molecular complexity index is 285. The maximum atomic E-state index is 9.58. The van der Waals surface area contributed by atoms with E-state index in [0.717, 1.165) is 19.0 Å². The monoisotopic (exact) mass is 299 g/mol. The predicted octanol–water partition coefficient (Wildman–Crippen LogP) is 1.93.